The predicted octanol–water partition coefficient (Wildman–Crippen LogP) is 4.72. The SMILES string of the molecule is COc1ccc2[nH]c(C(=O)N3CCN(C(c4ccccc4)c4ccccc4)CC3)cc2c1. The maximum atomic E-state index is 13.2. The Morgan fingerprint density at radius 2 is 1.47 bits per heavy atom. The van der Waals surface area contributed by atoms with Gasteiger partial charge in [-0.1, -0.05) is 60.7 Å². The monoisotopic (exact) mass is 425 g/mol. The van der Waals surface area contributed by atoms with E-state index in [-0.39, 0.29) is 11.9 Å². The number of ether oxygens (including phenoxy) is 1. The van der Waals surface area contributed by atoms with Gasteiger partial charge in [0.1, 0.15) is 11.4 Å². The lowest BCUT2D eigenvalue weighted by atomic mass is 9.96. The molecule has 0 atom stereocenters. The number of amides is 1. The average molecular weight is 426 g/mol. The van der Waals surface area contributed by atoms with E-state index in [4.69, 9.17) is 4.74 Å². The molecule has 1 aliphatic rings. The molecule has 2 heterocycles. The van der Waals surface area contributed by atoms with E-state index in [0.29, 0.717) is 18.8 Å². The van der Waals surface area contributed by atoms with Crippen molar-refractivity contribution in [2.24, 2.45) is 0 Å². The van der Waals surface area contributed by atoms with Gasteiger partial charge in [-0.3, -0.25) is 9.69 Å². The fourth-order valence-corrected chi connectivity index (χ4v) is 4.59. The lowest BCUT2D eigenvalue weighted by molar-refractivity contribution is 0.0592. The van der Waals surface area contributed by atoms with Gasteiger partial charge in [0, 0.05) is 37.1 Å². The van der Waals surface area contributed by atoms with E-state index < -0.39 is 0 Å². The van der Waals surface area contributed by atoms with Crippen molar-refractivity contribution < 1.29 is 9.53 Å². The number of aromatic nitrogens is 1. The lowest BCUT2D eigenvalue weighted by Crippen LogP contribution is -2.50. The second kappa shape index (κ2) is 8.89. The molecule has 5 heteroatoms. The lowest BCUT2D eigenvalue weighted by Gasteiger charge is -2.39. The molecule has 0 saturated carbocycles. The zero-order valence-electron chi connectivity index (χ0n) is 18.2. The molecule has 5 nitrogen and oxygen atoms in total. The first-order valence-electron chi connectivity index (χ1n) is 11.0. The number of hydrogen-bond acceptors (Lipinski definition) is 3. The fraction of sp³-hybridized carbons (Fsp3) is 0.222. The van der Waals surface area contributed by atoms with E-state index in [1.807, 2.05) is 29.2 Å². The zero-order valence-corrected chi connectivity index (χ0v) is 18.2. The molecule has 1 saturated heterocycles. The summed E-state index contributed by atoms with van der Waals surface area (Å²) in [7, 11) is 1.65. The fourth-order valence-electron chi connectivity index (χ4n) is 4.59. The molecular formula is C27H27N3O2. The third kappa shape index (κ3) is 3.99. The number of nitrogens with zero attached hydrogens (tertiary/aromatic N) is 2. The van der Waals surface area contributed by atoms with Crippen molar-refractivity contribution in [3.8, 4) is 5.75 Å². The zero-order chi connectivity index (χ0) is 21.9. The van der Waals surface area contributed by atoms with Crippen molar-refractivity contribution in [3.05, 3.63) is 102 Å². The van der Waals surface area contributed by atoms with Gasteiger partial charge in [0.05, 0.1) is 13.2 Å². The second-order valence-electron chi connectivity index (χ2n) is 8.19. The van der Waals surface area contributed by atoms with Crippen molar-refractivity contribution in [3.63, 3.8) is 0 Å². The summed E-state index contributed by atoms with van der Waals surface area (Å²) in [5, 5.41) is 0.986. The molecule has 32 heavy (non-hydrogen) atoms. The Bertz CT molecular complexity index is 1160. The molecule has 5 rings (SSSR count). The van der Waals surface area contributed by atoms with Crippen LogP contribution >= 0.6 is 0 Å². The van der Waals surface area contributed by atoms with Gasteiger partial charge in [0.2, 0.25) is 0 Å². The van der Waals surface area contributed by atoms with Crippen molar-refractivity contribution in [2.45, 2.75) is 6.04 Å². The highest BCUT2D eigenvalue weighted by atomic mass is 16.5. The third-order valence-corrected chi connectivity index (χ3v) is 6.26. The number of piperazine rings is 1. The van der Waals surface area contributed by atoms with Gasteiger partial charge in [0.25, 0.3) is 5.91 Å². The first-order chi connectivity index (χ1) is 15.7. The van der Waals surface area contributed by atoms with Gasteiger partial charge >= 0.3 is 0 Å². The number of benzene rings is 3. The third-order valence-electron chi connectivity index (χ3n) is 6.26. The van der Waals surface area contributed by atoms with Gasteiger partial charge < -0.3 is 14.6 Å². The molecule has 1 aliphatic heterocycles. The molecule has 162 valence electrons. The minimum Gasteiger partial charge on any atom is -0.497 e. The topological polar surface area (TPSA) is 48.6 Å². The molecule has 0 spiro atoms. The Morgan fingerprint density at radius 1 is 0.844 bits per heavy atom. The molecule has 4 aromatic rings. The molecule has 0 bridgehead atoms. The number of nitrogens with one attached hydrogen (secondary N) is 1. The highest BCUT2D eigenvalue weighted by Crippen LogP contribution is 2.30. The molecule has 0 radical (unpaired) electrons. The average Bonchev–Trinajstić information content (AvgIpc) is 3.29. The maximum absolute atomic E-state index is 13.2. The molecular weight excluding hydrogens is 398 g/mol. The number of methoxy groups -OCH3 is 1. The summed E-state index contributed by atoms with van der Waals surface area (Å²) < 4.78 is 5.30. The van der Waals surface area contributed by atoms with Crippen molar-refractivity contribution in [2.75, 3.05) is 33.3 Å². The first-order valence-corrected chi connectivity index (χ1v) is 11.0. The van der Waals surface area contributed by atoms with Crippen LogP contribution in [0, 0.1) is 0 Å². The number of fused-ring (bicyclic) bond motifs is 1. The summed E-state index contributed by atoms with van der Waals surface area (Å²) >= 11 is 0. The Hall–Kier alpha value is -3.57. The molecule has 1 N–H and O–H groups in total. The van der Waals surface area contributed by atoms with Gasteiger partial charge in [-0.15, -0.1) is 0 Å². The van der Waals surface area contributed by atoms with Crippen LogP contribution in [0.25, 0.3) is 10.9 Å². The van der Waals surface area contributed by atoms with Gasteiger partial charge in [-0.2, -0.15) is 0 Å². The van der Waals surface area contributed by atoms with Crippen molar-refractivity contribution in [1.29, 1.82) is 0 Å². The van der Waals surface area contributed by atoms with Crippen LogP contribution in [0.3, 0.4) is 0 Å². The van der Waals surface area contributed by atoms with Crippen LogP contribution in [0.4, 0.5) is 0 Å². The Morgan fingerprint density at radius 3 is 2.06 bits per heavy atom. The van der Waals surface area contributed by atoms with E-state index >= 15 is 0 Å². The summed E-state index contributed by atoms with van der Waals surface area (Å²) in [5.41, 5.74) is 4.14. The molecule has 0 unspecified atom stereocenters. The smallest absolute Gasteiger partial charge is 0.270 e. The van der Waals surface area contributed by atoms with Crippen LogP contribution in [-0.4, -0.2) is 54.0 Å². The number of H-pyrrole nitrogens is 1. The largest absolute Gasteiger partial charge is 0.497 e. The van der Waals surface area contributed by atoms with Crippen LogP contribution in [0.2, 0.25) is 0 Å². The highest BCUT2D eigenvalue weighted by molar-refractivity contribution is 5.98. The van der Waals surface area contributed by atoms with Gasteiger partial charge in [0.15, 0.2) is 0 Å². The van der Waals surface area contributed by atoms with E-state index in [2.05, 4.69) is 70.5 Å². The number of rotatable bonds is 5. The van der Waals surface area contributed by atoms with Gasteiger partial charge in [-0.25, -0.2) is 0 Å². The summed E-state index contributed by atoms with van der Waals surface area (Å²) in [5.74, 6) is 0.841. The summed E-state index contributed by atoms with van der Waals surface area (Å²) in [4.78, 5) is 20.9. The molecule has 1 aromatic heterocycles. The molecule has 1 amide bonds. The van der Waals surface area contributed by atoms with Crippen molar-refractivity contribution >= 4 is 16.8 Å². The van der Waals surface area contributed by atoms with E-state index in [1.54, 1.807) is 7.11 Å². The number of aromatic amines is 1. The van der Waals surface area contributed by atoms with E-state index in [1.165, 1.54) is 11.1 Å². The number of carbonyl (C=O) groups excluding carboxylic acids is 1. The second-order valence-corrected chi connectivity index (χ2v) is 8.19. The van der Waals surface area contributed by atoms with Crippen LogP contribution in [0.5, 0.6) is 5.75 Å². The summed E-state index contributed by atoms with van der Waals surface area (Å²) in [6.07, 6.45) is 0. The van der Waals surface area contributed by atoms with Crippen LogP contribution in [-0.2, 0) is 0 Å². The minimum atomic E-state index is 0.0517. The highest BCUT2D eigenvalue weighted by Gasteiger charge is 2.29. The molecule has 0 aliphatic carbocycles. The Labute approximate surface area is 188 Å². The van der Waals surface area contributed by atoms with Crippen LogP contribution < -0.4 is 4.74 Å². The standard InChI is InChI=1S/C27H27N3O2/c1-32-23-12-13-24-22(18-23)19-25(28-24)27(31)30-16-14-29(15-17-30)26(20-8-4-2-5-9-20)21-10-6-3-7-11-21/h2-13,18-19,26,28H,14-17H2,1H3. The number of carbonyl (C=O) groups is 1. The van der Waals surface area contributed by atoms with Gasteiger partial charge in [-0.05, 0) is 35.4 Å². The molecule has 1 fully saturated rings. The number of hydrogen-bond donors (Lipinski definition) is 1. The predicted molar refractivity (Wildman–Crippen MR) is 127 cm³/mol. The normalized spacial score (nSPS) is 14.8. The van der Waals surface area contributed by atoms with E-state index in [0.717, 1.165) is 29.7 Å². The quantitative estimate of drug-likeness (QED) is 0.503. The maximum Gasteiger partial charge on any atom is 0.270 e. The summed E-state index contributed by atoms with van der Waals surface area (Å²) in [6, 6.07) is 29.1. The van der Waals surface area contributed by atoms with E-state index in [9.17, 15) is 4.79 Å². The Balaban J connectivity index is 1.33. The van der Waals surface area contributed by atoms with Crippen molar-refractivity contribution in [1.82, 2.24) is 14.8 Å². The Kier molecular flexibility index (Phi) is 5.65. The van der Waals surface area contributed by atoms with Crippen LogP contribution in [0.15, 0.2) is 84.9 Å². The molecule has 3 aromatic carbocycles. The summed E-state index contributed by atoms with van der Waals surface area (Å²) in [6.45, 7) is 3.06. The first kappa shape index (κ1) is 20.3. The minimum absolute atomic E-state index is 0.0517. The van der Waals surface area contributed by atoms with Crippen LogP contribution in [0.1, 0.15) is 27.7 Å².